The lowest BCUT2D eigenvalue weighted by atomic mass is 9.80. The Kier molecular flexibility index (Phi) is 10.9. The zero-order valence-corrected chi connectivity index (χ0v) is 25.7. The van der Waals surface area contributed by atoms with Gasteiger partial charge < -0.3 is 15.3 Å². The van der Waals surface area contributed by atoms with Crippen LogP contribution < -0.4 is 5.32 Å². The number of amides is 2. The number of piperazine rings is 1. The lowest BCUT2D eigenvalue weighted by molar-refractivity contribution is -0.157. The first-order chi connectivity index (χ1) is 19.4. The van der Waals surface area contributed by atoms with Crippen molar-refractivity contribution in [2.75, 3.05) is 19.6 Å². The number of hydrogen-bond donors (Lipinski definition) is 2. The van der Waals surface area contributed by atoms with Gasteiger partial charge in [0.25, 0.3) is 0 Å². The first-order valence-corrected chi connectivity index (χ1v) is 15.5. The van der Waals surface area contributed by atoms with E-state index in [1.807, 2.05) is 27.8 Å². The number of rotatable bonds is 9. The number of piperidine rings is 1. The summed E-state index contributed by atoms with van der Waals surface area (Å²) in [6.45, 7) is 9.51. The Labute approximate surface area is 251 Å². The molecule has 1 saturated carbocycles. The van der Waals surface area contributed by atoms with E-state index in [4.69, 9.17) is 5.10 Å². The van der Waals surface area contributed by atoms with Gasteiger partial charge in [0, 0.05) is 24.3 Å². The van der Waals surface area contributed by atoms with Gasteiger partial charge in [-0.25, -0.2) is 4.68 Å². The van der Waals surface area contributed by atoms with E-state index in [1.165, 1.54) is 12.0 Å². The lowest BCUT2D eigenvalue weighted by Crippen LogP contribution is -2.69. The first kappa shape index (κ1) is 31.5. The molecule has 2 aliphatic heterocycles. The highest BCUT2D eigenvalue weighted by molar-refractivity contribution is 5.97. The number of nitrogens with zero attached hydrogens (tertiary/aromatic N) is 4. The third-order valence-corrected chi connectivity index (χ3v) is 9.58. The predicted molar refractivity (Wildman–Crippen MR) is 163 cm³/mol. The Hall–Kier alpha value is -2.42. The normalized spacial score (nSPS) is 23.8. The van der Waals surface area contributed by atoms with Crippen LogP contribution in [0.25, 0.3) is 5.69 Å². The summed E-state index contributed by atoms with van der Waals surface area (Å²) in [4.78, 5) is 31.6. The monoisotopic (exact) mass is 585 g/mol. The molecule has 226 valence electrons. The Balaban J connectivity index is 0.00000387. The lowest BCUT2D eigenvalue weighted by Gasteiger charge is -2.46. The number of unbranched alkanes of at least 4 members (excludes halogenated alkanes) is 1. The molecule has 0 unspecified atom stereocenters. The minimum absolute atomic E-state index is 0. The van der Waals surface area contributed by atoms with Gasteiger partial charge in [-0.05, 0) is 83.0 Å². The number of aromatic nitrogens is 2. The number of para-hydroxylation sites is 1. The third kappa shape index (κ3) is 6.81. The van der Waals surface area contributed by atoms with Crippen molar-refractivity contribution in [3.8, 4) is 5.69 Å². The van der Waals surface area contributed by atoms with Gasteiger partial charge in [-0.2, -0.15) is 5.10 Å². The molecule has 41 heavy (non-hydrogen) atoms. The van der Waals surface area contributed by atoms with Crippen LogP contribution in [-0.2, 0) is 16.1 Å². The number of aliphatic hydroxyl groups is 1. The fourth-order valence-electron chi connectivity index (χ4n) is 7.16. The molecule has 3 fully saturated rings. The Morgan fingerprint density at radius 1 is 1.02 bits per heavy atom. The molecule has 1 aromatic heterocycles. The minimum Gasteiger partial charge on any atom is -0.390 e. The van der Waals surface area contributed by atoms with Crippen molar-refractivity contribution in [3.05, 3.63) is 47.3 Å². The van der Waals surface area contributed by atoms with E-state index >= 15 is 0 Å². The van der Waals surface area contributed by atoms with Gasteiger partial charge in [0.05, 0.1) is 17.5 Å². The maximum atomic E-state index is 13.7. The van der Waals surface area contributed by atoms with Gasteiger partial charge in [0.1, 0.15) is 12.1 Å². The number of aryl methyl sites for hydroxylation is 1. The van der Waals surface area contributed by atoms with E-state index in [2.05, 4.69) is 43.1 Å². The predicted octanol–water partition coefficient (Wildman–Crippen LogP) is 4.56. The zero-order valence-electron chi connectivity index (χ0n) is 24.9. The Bertz CT molecular complexity index is 1160. The average molecular weight is 586 g/mol. The van der Waals surface area contributed by atoms with Crippen LogP contribution in [0.1, 0.15) is 81.7 Å². The van der Waals surface area contributed by atoms with Crippen molar-refractivity contribution < 1.29 is 14.7 Å². The fourth-order valence-corrected chi connectivity index (χ4v) is 7.16. The molecule has 1 aromatic carbocycles. The van der Waals surface area contributed by atoms with E-state index in [9.17, 15) is 14.7 Å². The molecule has 0 bridgehead atoms. The van der Waals surface area contributed by atoms with Crippen LogP contribution in [0.15, 0.2) is 30.3 Å². The van der Waals surface area contributed by atoms with Crippen LogP contribution in [-0.4, -0.2) is 74.3 Å². The van der Waals surface area contributed by atoms with Gasteiger partial charge in [-0.3, -0.25) is 14.5 Å². The molecule has 2 saturated heterocycles. The molecule has 2 aromatic rings. The molecule has 3 heterocycles. The summed E-state index contributed by atoms with van der Waals surface area (Å²) in [5.41, 5.74) is 4.54. The first-order valence-electron chi connectivity index (χ1n) is 15.5. The number of carbonyl (C=O) groups is 2. The molecule has 1 aliphatic carbocycles. The van der Waals surface area contributed by atoms with E-state index < -0.39 is 18.2 Å². The van der Waals surface area contributed by atoms with E-state index in [1.54, 1.807) is 0 Å². The topological polar surface area (TPSA) is 90.7 Å². The number of halogens is 1. The second-order valence-corrected chi connectivity index (χ2v) is 12.2. The van der Waals surface area contributed by atoms with Gasteiger partial charge in [0.15, 0.2) is 0 Å². The highest BCUT2D eigenvalue weighted by Crippen LogP contribution is 2.33. The van der Waals surface area contributed by atoms with Crippen molar-refractivity contribution in [1.29, 1.82) is 0 Å². The van der Waals surface area contributed by atoms with Crippen molar-refractivity contribution in [1.82, 2.24) is 24.9 Å². The molecule has 0 radical (unpaired) electrons. The van der Waals surface area contributed by atoms with Crippen LogP contribution in [0.4, 0.5) is 0 Å². The number of aliphatic hydroxyl groups excluding tert-OH is 1. The van der Waals surface area contributed by atoms with Crippen LogP contribution in [0, 0.1) is 25.7 Å². The number of hydrogen-bond acceptors (Lipinski definition) is 5. The summed E-state index contributed by atoms with van der Waals surface area (Å²) in [5.74, 6) is 0.0519. The van der Waals surface area contributed by atoms with E-state index in [-0.39, 0.29) is 36.1 Å². The van der Waals surface area contributed by atoms with Crippen molar-refractivity contribution in [3.63, 3.8) is 0 Å². The number of benzene rings is 1. The van der Waals surface area contributed by atoms with Gasteiger partial charge in [-0.15, -0.1) is 12.4 Å². The average Bonchev–Trinajstić information content (AvgIpc) is 3.26. The highest BCUT2D eigenvalue weighted by Gasteiger charge is 2.48. The van der Waals surface area contributed by atoms with Crippen molar-refractivity contribution in [2.24, 2.45) is 11.8 Å². The fraction of sp³-hybridized carbons (Fsp3) is 0.656. The SMILES string of the molecule is CCCCN1C(=O)[C@@H]([C@H](O)C2CCCCC2)NC(=O)[C@H]1C1CCN(Cc2c(C)nn(-c3ccccc3)c2C)CC1.Cl. The maximum Gasteiger partial charge on any atom is 0.248 e. The van der Waals surface area contributed by atoms with Crippen LogP contribution >= 0.6 is 12.4 Å². The molecular weight excluding hydrogens is 538 g/mol. The largest absolute Gasteiger partial charge is 0.390 e. The zero-order chi connectivity index (χ0) is 28.2. The summed E-state index contributed by atoms with van der Waals surface area (Å²) in [6.07, 6.45) is 7.99. The second kappa shape index (κ2) is 14.2. The van der Waals surface area contributed by atoms with E-state index in [0.717, 1.165) is 88.1 Å². The Morgan fingerprint density at radius 3 is 2.37 bits per heavy atom. The smallest absolute Gasteiger partial charge is 0.248 e. The molecule has 9 heteroatoms. The number of carbonyl (C=O) groups excluding carboxylic acids is 2. The summed E-state index contributed by atoms with van der Waals surface area (Å²) in [6, 6.07) is 8.98. The third-order valence-electron chi connectivity index (χ3n) is 9.58. The molecule has 3 atom stereocenters. The molecule has 0 spiro atoms. The molecule has 2 N–H and O–H groups in total. The van der Waals surface area contributed by atoms with E-state index in [0.29, 0.717) is 6.54 Å². The van der Waals surface area contributed by atoms with Crippen LogP contribution in [0.3, 0.4) is 0 Å². The molecular formula is C32H48ClN5O3. The number of nitrogens with one attached hydrogen (secondary N) is 1. The highest BCUT2D eigenvalue weighted by atomic mass is 35.5. The van der Waals surface area contributed by atoms with Gasteiger partial charge in [0.2, 0.25) is 11.8 Å². The summed E-state index contributed by atoms with van der Waals surface area (Å²) < 4.78 is 2.03. The summed E-state index contributed by atoms with van der Waals surface area (Å²) >= 11 is 0. The molecule has 8 nitrogen and oxygen atoms in total. The van der Waals surface area contributed by atoms with Gasteiger partial charge in [-0.1, -0.05) is 50.8 Å². The standard InChI is InChI=1S/C32H47N5O3.ClH/c1-4-5-18-36-29(31(39)33-28(32(36)40)30(38)25-12-8-6-9-13-25)24-16-19-35(20-17-24)21-27-22(2)34-37(23(27)3)26-14-10-7-11-15-26;/h7,10-11,14-15,24-25,28-30,38H,4-6,8-9,12-13,16-21H2,1-3H3,(H,33,39);1H/t28-,29-,30-;/m1./s1. The molecule has 2 amide bonds. The quantitative estimate of drug-likeness (QED) is 0.450. The Morgan fingerprint density at radius 2 is 1.71 bits per heavy atom. The van der Waals surface area contributed by atoms with Crippen molar-refractivity contribution >= 4 is 24.2 Å². The van der Waals surface area contributed by atoms with Crippen LogP contribution in [0.5, 0.6) is 0 Å². The minimum atomic E-state index is -0.809. The summed E-state index contributed by atoms with van der Waals surface area (Å²) in [5, 5.41) is 19.0. The van der Waals surface area contributed by atoms with Gasteiger partial charge >= 0.3 is 0 Å². The second-order valence-electron chi connectivity index (χ2n) is 12.2. The van der Waals surface area contributed by atoms with Crippen LogP contribution in [0.2, 0.25) is 0 Å². The number of likely N-dealkylation sites (tertiary alicyclic amines) is 1. The van der Waals surface area contributed by atoms with Crippen molar-refractivity contribution in [2.45, 2.75) is 103 Å². The summed E-state index contributed by atoms with van der Waals surface area (Å²) in [7, 11) is 0. The molecule has 3 aliphatic rings. The molecule has 5 rings (SSSR count). The maximum absolute atomic E-state index is 13.7.